The van der Waals surface area contributed by atoms with E-state index in [0.29, 0.717) is 28.0 Å². The summed E-state index contributed by atoms with van der Waals surface area (Å²) >= 11 is 0. The van der Waals surface area contributed by atoms with Crippen molar-refractivity contribution in [3.8, 4) is 0 Å². The van der Waals surface area contributed by atoms with Crippen LogP contribution in [0.1, 0.15) is 17.0 Å². The number of rotatable bonds is 7. The number of nitrogens with zero attached hydrogens (tertiary/aromatic N) is 1. The average molecular weight is 517 g/mol. The Kier molecular flexibility index (Phi) is 7.38. The second-order valence-electron chi connectivity index (χ2n) is 8.80. The topological polar surface area (TPSA) is 120 Å². The predicted octanol–water partition coefficient (Wildman–Crippen LogP) is 5.27. The maximum Gasteiger partial charge on any atom is 0.267 e. The monoisotopic (exact) mass is 516 g/mol. The van der Waals surface area contributed by atoms with Crippen molar-refractivity contribution in [3.63, 3.8) is 0 Å². The molecule has 0 spiro atoms. The molecule has 1 atom stereocenters. The average Bonchev–Trinajstić information content (AvgIpc) is 2.96. The highest BCUT2D eigenvalue weighted by atomic mass is 16.5. The van der Waals surface area contributed by atoms with E-state index in [1.54, 1.807) is 42.6 Å². The Morgan fingerprint density at radius 1 is 0.744 bits per heavy atom. The largest absolute Gasteiger partial charge is 0.325 e. The van der Waals surface area contributed by atoms with E-state index in [0.717, 1.165) is 22.2 Å². The highest BCUT2D eigenvalue weighted by molar-refractivity contribution is 6.17. The van der Waals surface area contributed by atoms with Crippen LogP contribution in [0.15, 0.2) is 109 Å². The Hall–Kier alpha value is -5.34. The Morgan fingerprint density at radius 3 is 2.23 bits per heavy atom. The number of amides is 3. The zero-order valence-electron chi connectivity index (χ0n) is 20.7. The summed E-state index contributed by atoms with van der Waals surface area (Å²) in [6.07, 6.45) is 4.26. The quantitative estimate of drug-likeness (QED) is 0.102. The van der Waals surface area contributed by atoms with Crippen molar-refractivity contribution in [2.75, 3.05) is 10.6 Å². The second-order valence-corrected chi connectivity index (χ2v) is 8.80. The van der Waals surface area contributed by atoms with E-state index in [1.165, 1.54) is 11.6 Å². The minimum absolute atomic E-state index is 0.421. The molecule has 0 radical (unpaired) electrons. The molecule has 0 aliphatic rings. The number of nitrogens with one attached hydrogen (secondary N) is 3. The van der Waals surface area contributed by atoms with Gasteiger partial charge in [0.15, 0.2) is 0 Å². The molecule has 0 aliphatic heterocycles. The first-order valence-electron chi connectivity index (χ1n) is 12.2. The van der Waals surface area contributed by atoms with Gasteiger partial charge >= 0.3 is 0 Å². The lowest BCUT2D eigenvalue weighted by atomic mass is 9.94. The molecule has 4 aromatic carbocycles. The summed E-state index contributed by atoms with van der Waals surface area (Å²) < 4.78 is 0. The molecule has 3 amide bonds. The summed E-state index contributed by atoms with van der Waals surface area (Å²) in [6, 6.07) is 29.1. The van der Waals surface area contributed by atoms with Crippen LogP contribution in [0, 0.1) is 0 Å². The molecule has 0 saturated carbocycles. The van der Waals surface area contributed by atoms with Crippen LogP contribution >= 0.6 is 0 Å². The van der Waals surface area contributed by atoms with E-state index in [2.05, 4.69) is 15.6 Å². The zero-order valence-corrected chi connectivity index (χ0v) is 20.7. The molecule has 0 aliphatic carbocycles. The van der Waals surface area contributed by atoms with Crippen LogP contribution < -0.4 is 16.1 Å². The third-order valence-electron chi connectivity index (χ3n) is 6.24. The maximum atomic E-state index is 13.8. The number of hydroxylamine groups is 1. The predicted molar refractivity (Wildman–Crippen MR) is 151 cm³/mol. The Morgan fingerprint density at radius 2 is 1.41 bits per heavy atom. The molecule has 192 valence electrons. The van der Waals surface area contributed by atoms with Crippen LogP contribution in [0.5, 0.6) is 0 Å². The van der Waals surface area contributed by atoms with Gasteiger partial charge in [-0.15, -0.1) is 0 Å². The lowest BCUT2D eigenvalue weighted by molar-refractivity contribution is -0.126. The van der Waals surface area contributed by atoms with Gasteiger partial charge in [0.05, 0.1) is 11.2 Å². The molecule has 8 heteroatoms. The molecule has 5 aromatic rings. The van der Waals surface area contributed by atoms with Crippen molar-refractivity contribution < 1.29 is 19.6 Å². The van der Waals surface area contributed by atoms with Gasteiger partial charge in [0.2, 0.25) is 11.8 Å². The highest BCUT2D eigenvalue weighted by Crippen LogP contribution is 2.28. The third kappa shape index (κ3) is 5.66. The molecule has 1 aromatic heterocycles. The number of fused-ring (bicyclic) bond motifs is 2. The van der Waals surface area contributed by atoms with Gasteiger partial charge in [-0.3, -0.25) is 24.6 Å². The van der Waals surface area contributed by atoms with E-state index >= 15 is 0 Å². The molecule has 0 bridgehead atoms. The number of benzene rings is 4. The molecule has 39 heavy (non-hydrogen) atoms. The molecule has 1 heterocycles. The van der Waals surface area contributed by atoms with Crippen LogP contribution in [-0.2, 0) is 14.4 Å². The van der Waals surface area contributed by atoms with Gasteiger partial charge in [-0.25, -0.2) is 5.48 Å². The van der Waals surface area contributed by atoms with Gasteiger partial charge in [-0.1, -0.05) is 78.9 Å². The van der Waals surface area contributed by atoms with E-state index in [4.69, 9.17) is 5.21 Å². The van der Waals surface area contributed by atoms with Gasteiger partial charge in [-0.05, 0) is 40.8 Å². The molecular formula is C31H24N4O4. The molecular weight excluding hydrogens is 492 g/mol. The Bertz CT molecular complexity index is 1630. The summed E-state index contributed by atoms with van der Waals surface area (Å²) in [4.78, 5) is 43.4. The number of carbonyl (C=O) groups is 3. The summed E-state index contributed by atoms with van der Waals surface area (Å²) in [7, 11) is 0. The molecule has 0 fully saturated rings. The third-order valence-corrected chi connectivity index (χ3v) is 6.24. The van der Waals surface area contributed by atoms with Crippen molar-refractivity contribution in [2.24, 2.45) is 0 Å². The van der Waals surface area contributed by atoms with Crippen molar-refractivity contribution in [1.29, 1.82) is 0 Å². The van der Waals surface area contributed by atoms with Gasteiger partial charge in [0.25, 0.3) is 5.91 Å². The first-order chi connectivity index (χ1) is 19.0. The van der Waals surface area contributed by atoms with E-state index in [-0.39, 0.29) is 0 Å². The van der Waals surface area contributed by atoms with Crippen molar-refractivity contribution >= 4 is 56.8 Å². The standard InChI is InChI=1S/C31H24N4O4/c36-27(35-39)17-16-20-7-3-11-23(19-20)28(30(37)33-25-14-4-9-21-8-1-2-13-24(21)25)31(38)34-26-15-5-10-22-12-6-18-32-29(22)26/h1-19,28,39H,(H,33,37)(H,34,38)(H,35,36). The van der Waals surface area contributed by atoms with Crippen LogP contribution in [-0.4, -0.2) is 27.9 Å². The summed E-state index contributed by atoms with van der Waals surface area (Å²) in [5.41, 5.74) is 4.19. The number of para-hydroxylation sites is 1. The van der Waals surface area contributed by atoms with Crippen LogP contribution in [0.3, 0.4) is 0 Å². The second kappa shape index (κ2) is 11.4. The fraction of sp³-hybridized carbons (Fsp3) is 0.0323. The normalized spacial score (nSPS) is 11.8. The van der Waals surface area contributed by atoms with E-state index < -0.39 is 23.6 Å². The summed E-state index contributed by atoms with van der Waals surface area (Å²) in [6.45, 7) is 0. The minimum Gasteiger partial charge on any atom is -0.325 e. The molecule has 4 N–H and O–H groups in total. The van der Waals surface area contributed by atoms with Gasteiger partial charge < -0.3 is 10.6 Å². The molecule has 1 unspecified atom stereocenters. The fourth-order valence-corrected chi connectivity index (χ4v) is 4.42. The first-order valence-corrected chi connectivity index (χ1v) is 12.2. The van der Waals surface area contributed by atoms with Gasteiger partial charge in [-0.2, -0.15) is 0 Å². The SMILES string of the molecule is O=C(C=Cc1cccc(C(C(=O)Nc2cccc3ccccc23)C(=O)Nc2cccc3cccnc23)c1)NO. The minimum atomic E-state index is -1.23. The van der Waals surface area contributed by atoms with E-state index in [9.17, 15) is 14.4 Å². The number of aromatic nitrogens is 1. The van der Waals surface area contributed by atoms with Crippen molar-refractivity contribution in [2.45, 2.75) is 5.92 Å². The number of anilines is 2. The first kappa shape index (κ1) is 25.3. The number of hydrogen-bond donors (Lipinski definition) is 4. The molecule has 5 rings (SSSR count). The summed E-state index contributed by atoms with van der Waals surface area (Å²) in [5.74, 6) is -3.00. The van der Waals surface area contributed by atoms with Crippen LogP contribution in [0.4, 0.5) is 11.4 Å². The van der Waals surface area contributed by atoms with Crippen LogP contribution in [0.2, 0.25) is 0 Å². The highest BCUT2D eigenvalue weighted by Gasteiger charge is 2.30. The molecule has 0 saturated heterocycles. The fourth-order valence-electron chi connectivity index (χ4n) is 4.42. The Labute approximate surface area is 224 Å². The number of carbonyl (C=O) groups excluding carboxylic acids is 3. The smallest absolute Gasteiger partial charge is 0.267 e. The zero-order chi connectivity index (χ0) is 27.2. The van der Waals surface area contributed by atoms with E-state index in [1.807, 2.05) is 60.7 Å². The van der Waals surface area contributed by atoms with Crippen molar-refractivity contribution in [1.82, 2.24) is 10.5 Å². The van der Waals surface area contributed by atoms with Crippen LogP contribution in [0.25, 0.3) is 27.8 Å². The molecule has 8 nitrogen and oxygen atoms in total. The maximum absolute atomic E-state index is 13.8. The lowest BCUT2D eigenvalue weighted by Crippen LogP contribution is -2.32. The number of hydrogen-bond acceptors (Lipinski definition) is 5. The Balaban J connectivity index is 1.52. The van der Waals surface area contributed by atoms with Crippen molar-refractivity contribution in [3.05, 3.63) is 120 Å². The van der Waals surface area contributed by atoms with Gasteiger partial charge in [0.1, 0.15) is 5.92 Å². The van der Waals surface area contributed by atoms with Gasteiger partial charge in [0, 0.05) is 28.7 Å². The summed E-state index contributed by atoms with van der Waals surface area (Å²) in [5, 5.41) is 17.2. The number of pyridine rings is 1. The lowest BCUT2D eigenvalue weighted by Gasteiger charge is -2.19.